The van der Waals surface area contributed by atoms with E-state index in [0.29, 0.717) is 10.5 Å². The Kier molecular flexibility index (Phi) is 2.09. The second-order valence-electron chi connectivity index (χ2n) is 2.52. The van der Waals surface area contributed by atoms with Gasteiger partial charge in [0.05, 0.1) is 5.39 Å². The number of nitrogens with zero attached hydrogens (tertiary/aromatic N) is 1. The highest BCUT2D eigenvalue weighted by molar-refractivity contribution is 9.10. The van der Waals surface area contributed by atoms with E-state index in [1.165, 1.54) is 6.20 Å². The van der Waals surface area contributed by atoms with Gasteiger partial charge in [-0.25, -0.2) is 4.98 Å². The van der Waals surface area contributed by atoms with Crippen molar-refractivity contribution >= 4 is 38.3 Å². The fraction of sp³-hybridized carbons (Fsp3) is 0. The molecule has 0 aliphatic rings. The average molecular weight is 259 g/mol. The van der Waals surface area contributed by atoms with Crippen LogP contribution < -0.4 is 5.56 Å². The lowest BCUT2D eigenvalue weighted by Crippen LogP contribution is -2.05. The van der Waals surface area contributed by atoms with E-state index in [4.69, 9.17) is 11.6 Å². The summed E-state index contributed by atoms with van der Waals surface area (Å²) in [5.41, 5.74) is -0.164. The zero-order valence-corrected chi connectivity index (χ0v) is 8.69. The first kappa shape index (κ1) is 8.72. The Labute approximate surface area is 86.9 Å². The molecular formula is C8H4BrClN2O. The normalized spacial score (nSPS) is 10.6. The van der Waals surface area contributed by atoms with Gasteiger partial charge in [0.2, 0.25) is 0 Å². The molecule has 2 rings (SSSR count). The van der Waals surface area contributed by atoms with Crippen LogP contribution in [0.15, 0.2) is 27.7 Å². The number of aromatic nitrogens is 2. The number of hydrogen-bond donors (Lipinski definition) is 1. The molecular weight excluding hydrogens is 255 g/mol. The molecule has 0 aliphatic heterocycles. The molecule has 0 saturated carbocycles. The Balaban J connectivity index is 3.01. The van der Waals surface area contributed by atoms with Gasteiger partial charge in [0.25, 0.3) is 5.56 Å². The van der Waals surface area contributed by atoms with E-state index < -0.39 is 0 Å². The van der Waals surface area contributed by atoms with Gasteiger partial charge in [-0.3, -0.25) is 4.79 Å². The van der Waals surface area contributed by atoms with Crippen LogP contribution >= 0.6 is 27.5 Å². The third-order valence-corrected chi connectivity index (χ3v) is 2.57. The highest BCUT2D eigenvalue weighted by atomic mass is 79.9. The minimum atomic E-state index is -0.164. The van der Waals surface area contributed by atoms with Crippen molar-refractivity contribution in [1.82, 2.24) is 9.97 Å². The number of H-pyrrole nitrogens is 1. The summed E-state index contributed by atoms with van der Waals surface area (Å²) in [6.07, 6.45) is 3.04. The maximum Gasteiger partial charge on any atom is 0.257 e. The molecule has 0 radical (unpaired) electrons. The lowest BCUT2D eigenvalue weighted by atomic mass is 10.2. The number of fused-ring (bicyclic) bond motifs is 1. The molecule has 5 heteroatoms. The SMILES string of the molecule is O=c1[nH]cc(Br)c2cc(Cl)ncc12. The van der Waals surface area contributed by atoms with Gasteiger partial charge in [0.1, 0.15) is 5.15 Å². The van der Waals surface area contributed by atoms with Gasteiger partial charge < -0.3 is 4.98 Å². The van der Waals surface area contributed by atoms with Crippen molar-refractivity contribution in [3.63, 3.8) is 0 Å². The van der Waals surface area contributed by atoms with Crippen molar-refractivity contribution in [1.29, 1.82) is 0 Å². The fourth-order valence-electron chi connectivity index (χ4n) is 1.09. The van der Waals surface area contributed by atoms with Crippen LogP contribution in [-0.2, 0) is 0 Å². The molecule has 0 aromatic carbocycles. The first-order chi connectivity index (χ1) is 6.18. The van der Waals surface area contributed by atoms with E-state index >= 15 is 0 Å². The molecule has 2 aromatic heterocycles. The summed E-state index contributed by atoms with van der Waals surface area (Å²) in [4.78, 5) is 17.7. The second kappa shape index (κ2) is 3.12. The molecule has 0 bridgehead atoms. The van der Waals surface area contributed by atoms with E-state index in [2.05, 4.69) is 25.9 Å². The van der Waals surface area contributed by atoms with E-state index in [9.17, 15) is 4.79 Å². The Morgan fingerprint density at radius 2 is 2.23 bits per heavy atom. The van der Waals surface area contributed by atoms with Crippen molar-refractivity contribution in [2.75, 3.05) is 0 Å². The van der Waals surface area contributed by atoms with Crippen molar-refractivity contribution in [2.45, 2.75) is 0 Å². The fourth-order valence-corrected chi connectivity index (χ4v) is 1.69. The Hall–Kier alpha value is -0.870. The van der Waals surface area contributed by atoms with E-state index in [0.717, 1.165) is 9.86 Å². The van der Waals surface area contributed by atoms with Crippen LogP contribution in [0, 0.1) is 0 Å². The smallest absolute Gasteiger partial charge is 0.257 e. The minimum absolute atomic E-state index is 0.164. The third-order valence-electron chi connectivity index (χ3n) is 1.70. The van der Waals surface area contributed by atoms with Crippen LogP contribution in [-0.4, -0.2) is 9.97 Å². The van der Waals surface area contributed by atoms with Gasteiger partial charge in [0, 0.05) is 22.3 Å². The number of aromatic amines is 1. The highest BCUT2D eigenvalue weighted by Crippen LogP contribution is 2.21. The number of rotatable bonds is 0. The summed E-state index contributed by atoms with van der Waals surface area (Å²) >= 11 is 9.01. The zero-order valence-electron chi connectivity index (χ0n) is 6.34. The van der Waals surface area contributed by atoms with E-state index in [-0.39, 0.29) is 5.56 Å². The van der Waals surface area contributed by atoms with Gasteiger partial charge in [-0.05, 0) is 22.0 Å². The minimum Gasteiger partial charge on any atom is -0.327 e. The Morgan fingerprint density at radius 1 is 1.46 bits per heavy atom. The number of pyridine rings is 2. The van der Waals surface area contributed by atoms with Gasteiger partial charge in [0.15, 0.2) is 0 Å². The monoisotopic (exact) mass is 258 g/mol. The van der Waals surface area contributed by atoms with Crippen molar-refractivity contribution < 1.29 is 0 Å². The lowest BCUT2D eigenvalue weighted by molar-refractivity contribution is 1.24. The molecule has 1 N–H and O–H groups in total. The van der Waals surface area contributed by atoms with Gasteiger partial charge in [-0.15, -0.1) is 0 Å². The average Bonchev–Trinajstić information content (AvgIpc) is 2.12. The van der Waals surface area contributed by atoms with E-state index in [1.807, 2.05) is 0 Å². The van der Waals surface area contributed by atoms with Gasteiger partial charge in [-0.2, -0.15) is 0 Å². The first-order valence-corrected chi connectivity index (χ1v) is 4.68. The molecule has 0 amide bonds. The standard InChI is InChI=1S/C8H4BrClN2O/c9-6-3-12-8(13)5-2-11-7(10)1-4(5)6/h1-3H,(H,12,13). The molecule has 13 heavy (non-hydrogen) atoms. The summed E-state index contributed by atoms with van der Waals surface area (Å²) in [6.45, 7) is 0. The summed E-state index contributed by atoms with van der Waals surface area (Å²) in [6, 6.07) is 1.65. The van der Waals surface area contributed by atoms with Crippen LogP contribution in [0.3, 0.4) is 0 Å². The summed E-state index contributed by atoms with van der Waals surface area (Å²) in [5, 5.41) is 1.67. The van der Waals surface area contributed by atoms with Crippen LogP contribution in [0.5, 0.6) is 0 Å². The molecule has 0 fully saturated rings. The van der Waals surface area contributed by atoms with Crippen LogP contribution in [0.2, 0.25) is 5.15 Å². The maximum atomic E-state index is 11.3. The molecule has 0 spiro atoms. The Bertz CT molecular complexity index is 523. The van der Waals surface area contributed by atoms with Crippen molar-refractivity contribution in [2.24, 2.45) is 0 Å². The zero-order chi connectivity index (χ0) is 9.42. The molecule has 0 saturated heterocycles. The summed E-state index contributed by atoms with van der Waals surface area (Å²) in [5.74, 6) is 0. The summed E-state index contributed by atoms with van der Waals surface area (Å²) in [7, 11) is 0. The van der Waals surface area contributed by atoms with E-state index in [1.54, 1.807) is 12.3 Å². The van der Waals surface area contributed by atoms with Crippen LogP contribution in [0.4, 0.5) is 0 Å². The topological polar surface area (TPSA) is 45.8 Å². The lowest BCUT2D eigenvalue weighted by Gasteiger charge is -1.98. The maximum absolute atomic E-state index is 11.3. The molecule has 0 unspecified atom stereocenters. The number of nitrogens with one attached hydrogen (secondary N) is 1. The van der Waals surface area contributed by atoms with Crippen LogP contribution in [0.1, 0.15) is 0 Å². The second-order valence-corrected chi connectivity index (χ2v) is 3.76. The molecule has 2 aromatic rings. The molecule has 3 nitrogen and oxygen atoms in total. The van der Waals surface area contributed by atoms with Gasteiger partial charge >= 0.3 is 0 Å². The predicted octanol–water partition coefficient (Wildman–Crippen LogP) is 2.34. The van der Waals surface area contributed by atoms with Crippen LogP contribution in [0.25, 0.3) is 10.8 Å². The quantitative estimate of drug-likeness (QED) is 0.738. The highest BCUT2D eigenvalue weighted by Gasteiger charge is 2.03. The Morgan fingerprint density at radius 3 is 3.00 bits per heavy atom. The predicted molar refractivity (Wildman–Crippen MR) is 55.1 cm³/mol. The molecule has 66 valence electrons. The number of hydrogen-bond acceptors (Lipinski definition) is 2. The third kappa shape index (κ3) is 1.47. The largest absolute Gasteiger partial charge is 0.327 e. The molecule has 2 heterocycles. The van der Waals surface area contributed by atoms with Crippen molar-refractivity contribution in [3.05, 3.63) is 38.4 Å². The molecule has 0 aliphatic carbocycles. The molecule has 0 atom stereocenters. The van der Waals surface area contributed by atoms with Crippen molar-refractivity contribution in [3.8, 4) is 0 Å². The number of halogens is 2. The van der Waals surface area contributed by atoms with Gasteiger partial charge in [-0.1, -0.05) is 11.6 Å². The first-order valence-electron chi connectivity index (χ1n) is 3.51. The summed E-state index contributed by atoms with van der Waals surface area (Å²) < 4.78 is 0.798.